The van der Waals surface area contributed by atoms with Crippen molar-refractivity contribution in [2.75, 3.05) is 25.4 Å². The molecule has 1 atom stereocenters. The van der Waals surface area contributed by atoms with Crippen LogP contribution in [0.1, 0.15) is 51.1 Å². The van der Waals surface area contributed by atoms with Gasteiger partial charge in [-0.15, -0.1) is 9.73 Å². The molecule has 0 amide bonds. The molecule has 4 rings (SSSR count). The predicted molar refractivity (Wildman–Crippen MR) is 134 cm³/mol. The van der Waals surface area contributed by atoms with Gasteiger partial charge in [0.1, 0.15) is 11.8 Å². The van der Waals surface area contributed by atoms with Crippen molar-refractivity contribution < 1.29 is 23.8 Å². The zero-order valence-corrected chi connectivity index (χ0v) is 21.3. The van der Waals surface area contributed by atoms with Crippen molar-refractivity contribution in [3.05, 3.63) is 35.0 Å². The van der Waals surface area contributed by atoms with E-state index in [1.165, 1.54) is 4.63 Å². The molecule has 36 heavy (non-hydrogen) atoms. The van der Waals surface area contributed by atoms with Crippen molar-refractivity contribution in [2.24, 2.45) is 11.8 Å². The average molecular weight is 518 g/mol. The van der Waals surface area contributed by atoms with Gasteiger partial charge < -0.3 is 24.5 Å². The molecule has 194 valence electrons. The van der Waals surface area contributed by atoms with Gasteiger partial charge in [0.2, 0.25) is 0 Å². The van der Waals surface area contributed by atoms with E-state index in [4.69, 9.17) is 25.8 Å². The molecule has 1 aliphatic rings. The maximum atomic E-state index is 12.7. The van der Waals surface area contributed by atoms with Crippen LogP contribution in [0.25, 0.3) is 17.0 Å². The molecule has 1 aromatic carbocycles. The van der Waals surface area contributed by atoms with Gasteiger partial charge in [0, 0.05) is 11.3 Å². The minimum atomic E-state index is -0.489. The molecule has 0 bridgehead atoms. The molecule has 0 spiro atoms. The fourth-order valence-corrected chi connectivity index (χ4v) is 4.70. The number of carbonyl (C=O) groups is 2. The van der Waals surface area contributed by atoms with Crippen LogP contribution in [0.2, 0.25) is 5.02 Å². The number of fused-ring (bicyclic) bond motifs is 1. The first-order valence-corrected chi connectivity index (χ1v) is 12.7. The summed E-state index contributed by atoms with van der Waals surface area (Å²) in [6.07, 6.45) is 5.20. The van der Waals surface area contributed by atoms with Crippen LogP contribution in [-0.4, -0.2) is 51.9 Å². The fourth-order valence-electron chi connectivity index (χ4n) is 4.54. The first kappa shape index (κ1) is 26.0. The molecule has 2 heterocycles. The van der Waals surface area contributed by atoms with E-state index in [2.05, 4.69) is 20.5 Å². The van der Waals surface area contributed by atoms with Gasteiger partial charge in [-0.05, 0) is 56.9 Å². The molecule has 10 nitrogen and oxygen atoms in total. The number of esters is 2. The number of nitrogens with zero attached hydrogens (tertiary/aromatic N) is 3. The Bertz CT molecular complexity index is 1170. The summed E-state index contributed by atoms with van der Waals surface area (Å²) in [6, 6.07) is 7.60. The summed E-state index contributed by atoms with van der Waals surface area (Å²) in [6.45, 7) is 3.84. The highest BCUT2D eigenvalue weighted by molar-refractivity contribution is 6.34. The minimum Gasteiger partial charge on any atom is -0.466 e. The fraction of sp³-hybridized carbons (Fsp3) is 0.520. The summed E-state index contributed by atoms with van der Waals surface area (Å²) >= 11 is 6.23. The number of hydrogen-bond acceptors (Lipinski definition) is 8. The lowest BCUT2D eigenvalue weighted by atomic mass is 9.78. The van der Waals surface area contributed by atoms with Gasteiger partial charge in [0.15, 0.2) is 18.3 Å². The quantitative estimate of drug-likeness (QED) is 0.213. The van der Waals surface area contributed by atoms with Crippen LogP contribution < -0.4 is 5.32 Å². The third kappa shape index (κ3) is 6.36. The van der Waals surface area contributed by atoms with Crippen LogP contribution in [0.5, 0.6) is 0 Å². The second-order valence-corrected chi connectivity index (χ2v) is 9.29. The lowest BCUT2D eigenvalue weighted by molar-refractivity contribution is -0.167. The van der Waals surface area contributed by atoms with E-state index in [9.17, 15) is 9.59 Å². The Labute approximate surface area is 214 Å². The lowest BCUT2D eigenvalue weighted by Gasteiger charge is -2.28. The molecule has 0 saturated heterocycles. The normalized spacial score (nSPS) is 15.1. The van der Waals surface area contributed by atoms with Crippen LogP contribution in [-0.2, 0) is 23.8 Å². The summed E-state index contributed by atoms with van der Waals surface area (Å²) in [5.41, 5.74) is 3.08. The van der Waals surface area contributed by atoms with E-state index in [1.54, 1.807) is 6.92 Å². The molecule has 11 heteroatoms. The van der Waals surface area contributed by atoms with E-state index in [-0.39, 0.29) is 31.8 Å². The van der Waals surface area contributed by atoms with Crippen LogP contribution in [0.4, 0.5) is 5.69 Å². The molecule has 0 radical (unpaired) electrons. The molecule has 1 fully saturated rings. The van der Waals surface area contributed by atoms with Gasteiger partial charge in [0.25, 0.3) is 0 Å². The van der Waals surface area contributed by atoms with E-state index in [1.807, 2.05) is 31.2 Å². The average Bonchev–Trinajstić information content (AvgIpc) is 3.41. The number of aromatic nitrogens is 4. The largest absolute Gasteiger partial charge is 0.466 e. The van der Waals surface area contributed by atoms with Crippen LogP contribution in [0, 0.1) is 18.8 Å². The van der Waals surface area contributed by atoms with Gasteiger partial charge in [0.05, 0.1) is 24.6 Å². The molecule has 1 unspecified atom stereocenters. The monoisotopic (exact) mass is 517 g/mol. The number of nitrogens with one attached hydrogen (secondary N) is 2. The van der Waals surface area contributed by atoms with Gasteiger partial charge >= 0.3 is 11.9 Å². The predicted octanol–water partition coefficient (Wildman–Crippen LogP) is 4.72. The molecule has 1 saturated carbocycles. The third-order valence-corrected chi connectivity index (χ3v) is 6.89. The molecule has 0 aliphatic heterocycles. The van der Waals surface area contributed by atoms with Crippen molar-refractivity contribution in [1.82, 2.24) is 19.8 Å². The van der Waals surface area contributed by atoms with E-state index < -0.39 is 11.9 Å². The highest BCUT2D eigenvalue weighted by atomic mass is 35.5. The van der Waals surface area contributed by atoms with Crippen LogP contribution in [0.3, 0.4) is 0 Å². The Morgan fingerprint density at radius 3 is 2.61 bits per heavy atom. The smallest absolute Gasteiger partial charge is 0.311 e. The van der Waals surface area contributed by atoms with Gasteiger partial charge in [-0.25, -0.2) is 0 Å². The molecule has 2 N–H and O–H groups in total. The van der Waals surface area contributed by atoms with Gasteiger partial charge in [-0.1, -0.05) is 30.9 Å². The highest BCUT2D eigenvalue weighted by Crippen LogP contribution is 2.33. The number of carbonyl (C=O) groups excluding carboxylic acids is 2. The molecular weight excluding hydrogens is 486 g/mol. The molecule has 2 aromatic heterocycles. The van der Waals surface area contributed by atoms with Gasteiger partial charge in [-0.3, -0.25) is 9.59 Å². The third-order valence-electron chi connectivity index (χ3n) is 6.44. The zero-order valence-electron chi connectivity index (χ0n) is 20.6. The standard InChI is InChI=1S/C25H32ClN5O5/c1-3-35-21(32)13-20(17-7-5-4-6-8-17)25(33)36-15-34-14-27-19-11-9-18(10-12-19)23-28-24-22(26)16(2)29-31(24)30-23/h9-12,17,20,27H,3-8,13-15H2,1-2H3,(H,28,30). The summed E-state index contributed by atoms with van der Waals surface area (Å²) in [7, 11) is 0. The lowest BCUT2D eigenvalue weighted by Crippen LogP contribution is -2.31. The van der Waals surface area contributed by atoms with Crippen molar-refractivity contribution in [3.8, 4) is 11.4 Å². The Morgan fingerprint density at radius 2 is 1.92 bits per heavy atom. The van der Waals surface area contributed by atoms with Gasteiger partial charge in [-0.2, -0.15) is 5.10 Å². The maximum Gasteiger partial charge on any atom is 0.311 e. The highest BCUT2D eigenvalue weighted by Gasteiger charge is 2.33. The number of benzene rings is 1. The molecule has 3 aromatic rings. The molecular formula is C25H32ClN5O5. The number of H-pyrrole nitrogens is 1. The Morgan fingerprint density at radius 1 is 1.17 bits per heavy atom. The number of anilines is 1. The Balaban J connectivity index is 1.23. The van der Waals surface area contributed by atoms with Crippen molar-refractivity contribution in [2.45, 2.75) is 52.4 Å². The van der Waals surface area contributed by atoms with Crippen molar-refractivity contribution in [3.63, 3.8) is 0 Å². The van der Waals surface area contributed by atoms with E-state index in [0.717, 1.165) is 49.0 Å². The minimum absolute atomic E-state index is 0.0509. The number of aryl methyl sites for hydroxylation is 1. The zero-order chi connectivity index (χ0) is 25.5. The molecule has 1 aliphatic carbocycles. The number of halogens is 1. The number of rotatable bonds is 11. The second kappa shape index (κ2) is 12.2. The maximum absolute atomic E-state index is 12.7. The Kier molecular flexibility index (Phi) is 8.82. The first-order valence-electron chi connectivity index (χ1n) is 12.3. The van der Waals surface area contributed by atoms with Crippen molar-refractivity contribution >= 4 is 34.9 Å². The number of aromatic amines is 1. The van der Waals surface area contributed by atoms with E-state index in [0.29, 0.717) is 23.1 Å². The Hall–Kier alpha value is -3.11. The summed E-state index contributed by atoms with van der Waals surface area (Å²) in [5, 5.41) is 12.3. The number of ether oxygens (including phenoxy) is 3. The first-order chi connectivity index (χ1) is 17.5. The number of hydrogen-bond donors (Lipinski definition) is 2. The van der Waals surface area contributed by atoms with Crippen molar-refractivity contribution in [1.29, 1.82) is 0 Å². The summed E-state index contributed by atoms with van der Waals surface area (Å²) in [5.74, 6) is -0.454. The topological polar surface area (TPSA) is 120 Å². The summed E-state index contributed by atoms with van der Waals surface area (Å²) < 4.78 is 17.3. The van der Waals surface area contributed by atoms with Crippen LogP contribution in [0.15, 0.2) is 24.3 Å². The SMILES string of the molecule is CCOC(=O)CC(C(=O)OCOCNc1ccc(-c2nn3nc(C)c(Cl)c3[nH]2)cc1)C1CCCCC1. The summed E-state index contributed by atoms with van der Waals surface area (Å²) in [4.78, 5) is 27.9. The second-order valence-electron chi connectivity index (χ2n) is 8.91. The van der Waals surface area contributed by atoms with Crippen LogP contribution >= 0.6 is 11.6 Å². The van der Waals surface area contributed by atoms with E-state index >= 15 is 0 Å².